The fraction of sp³-hybridized carbons (Fsp3) is 0.370. The van der Waals surface area contributed by atoms with Crippen LogP contribution in [-0.4, -0.2) is 42.6 Å². The van der Waals surface area contributed by atoms with Crippen LogP contribution in [0.4, 0.5) is 17.3 Å². The number of nitrogens with one attached hydrogen (secondary N) is 3. The second-order valence-electron chi connectivity index (χ2n) is 9.69. The topological polar surface area (TPSA) is 118 Å². The number of carbonyl (C=O) groups excluding carboxylic acids is 1. The van der Waals surface area contributed by atoms with E-state index in [9.17, 15) is 4.79 Å². The van der Waals surface area contributed by atoms with Gasteiger partial charge in [0.2, 0.25) is 5.88 Å². The van der Waals surface area contributed by atoms with Crippen LogP contribution < -0.4 is 20.7 Å². The first-order valence-electron chi connectivity index (χ1n) is 12.9. The van der Waals surface area contributed by atoms with E-state index in [-0.39, 0.29) is 5.91 Å². The van der Waals surface area contributed by atoms with Crippen LogP contribution in [0.5, 0.6) is 5.88 Å². The number of imidazole rings is 1. The maximum atomic E-state index is 13.3. The number of nitrogens with zero attached hydrogens (tertiary/aromatic N) is 5. The number of amides is 1. The lowest BCUT2D eigenvalue weighted by atomic mass is 9.95. The molecule has 2 saturated carbocycles. The maximum absolute atomic E-state index is 13.3. The molecule has 0 aliphatic heterocycles. The Labute approximate surface area is 214 Å². The van der Waals surface area contributed by atoms with Gasteiger partial charge in [0, 0.05) is 24.2 Å². The van der Waals surface area contributed by atoms with Crippen molar-refractivity contribution >= 4 is 28.9 Å². The fourth-order valence-corrected chi connectivity index (χ4v) is 4.60. The van der Waals surface area contributed by atoms with Gasteiger partial charge in [-0.3, -0.25) is 4.79 Å². The lowest BCUT2D eigenvalue weighted by Gasteiger charge is -2.23. The molecule has 0 unspecified atom stereocenters. The molecule has 2 aliphatic rings. The molecular formula is C27H30N8O2. The van der Waals surface area contributed by atoms with Gasteiger partial charge < -0.3 is 20.7 Å². The smallest absolute Gasteiger partial charge is 0.277 e. The summed E-state index contributed by atoms with van der Waals surface area (Å²) < 4.78 is 7.38. The van der Waals surface area contributed by atoms with Crippen LogP contribution in [0.25, 0.3) is 5.65 Å². The third-order valence-electron chi connectivity index (χ3n) is 6.71. The fourth-order valence-electron chi connectivity index (χ4n) is 4.60. The van der Waals surface area contributed by atoms with Crippen LogP contribution in [0.15, 0.2) is 55.0 Å². The van der Waals surface area contributed by atoms with Crippen LogP contribution in [0.2, 0.25) is 0 Å². The van der Waals surface area contributed by atoms with Crippen molar-refractivity contribution in [2.45, 2.75) is 63.6 Å². The highest BCUT2D eigenvalue weighted by Crippen LogP contribution is 2.30. The van der Waals surface area contributed by atoms with Crippen molar-refractivity contribution in [2.75, 3.05) is 16.0 Å². The van der Waals surface area contributed by atoms with E-state index in [4.69, 9.17) is 9.84 Å². The first-order chi connectivity index (χ1) is 18.2. The monoisotopic (exact) mass is 498 g/mol. The molecule has 10 nitrogen and oxygen atoms in total. The number of aromatic nitrogens is 5. The summed E-state index contributed by atoms with van der Waals surface area (Å²) in [4.78, 5) is 26.1. The molecule has 2 fully saturated rings. The number of fused-ring (bicyclic) bond motifs is 1. The minimum absolute atomic E-state index is 0.325. The average molecular weight is 499 g/mol. The van der Waals surface area contributed by atoms with Crippen LogP contribution in [0.3, 0.4) is 0 Å². The summed E-state index contributed by atoms with van der Waals surface area (Å²) in [5.41, 5.74) is 2.86. The summed E-state index contributed by atoms with van der Waals surface area (Å²) >= 11 is 0. The normalized spacial score (nSPS) is 15.9. The Kier molecular flexibility index (Phi) is 6.53. The molecule has 10 heteroatoms. The summed E-state index contributed by atoms with van der Waals surface area (Å²) in [5, 5.41) is 14.7. The molecule has 6 rings (SSSR count). The molecule has 0 radical (unpaired) electrons. The minimum atomic E-state index is -0.361. The first-order valence-corrected chi connectivity index (χ1v) is 12.9. The predicted molar refractivity (Wildman–Crippen MR) is 141 cm³/mol. The standard InChI is InChI=1S/C27H30N8O2/c36-27(33-23-14-25(30-17-29-23)37-16-18-7-3-1-4-8-18)22-15-28-26-21(31-20-11-12-20)13-24(34-35(22)26)32-19-9-5-2-6-10-19/h1,3-4,7-8,13-15,17,19-20,31H,2,5-6,9-12,16H2,(H,32,34)(H,29,30,33,36). The van der Waals surface area contributed by atoms with Crippen molar-refractivity contribution in [1.82, 2.24) is 24.6 Å². The second-order valence-corrected chi connectivity index (χ2v) is 9.69. The quantitative estimate of drug-likeness (QED) is 0.305. The van der Waals surface area contributed by atoms with Crippen molar-refractivity contribution in [1.29, 1.82) is 0 Å². The zero-order valence-electron chi connectivity index (χ0n) is 20.6. The van der Waals surface area contributed by atoms with E-state index in [0.29, 0.717) is 41.7 Å². The SMILES string of the molecule is O=C(Nc1cc(OCc2ccccc2)ncn1)c1cnc2c(NC3CC3)cc(NC3CCCCC3)nn12. The van der Waals surface area contributed by atoms with Crippen molar-refractivity contribution in [2.24, 2.45) is 0 Å². The zero-order chi connectivity index (χ0) is 25.0. The molecule has 190 valence electrons. The third-order valence-corrected chi connectivity index (χ3v) is 6.71. The Morgan fingerprint density at radius 1 is 0.919 bits per heavy atom. The van der Waals surface area contributed by atoms with Crippen molar-refractivity contribution in [3.63, 3.8) is 0 Å². The van der Waals surface area contributed by atoms with Crippen LogP contribution in [0.1, 0.15) is 61.0 Å². The Morgan fingerprint density at radius 2 is 1.73 bits per heavy atom. The summed E-state index contributed by atoms with van der Waals surface area (Å²) in [6.07, 6.45) is 11.2. The molecule has 0 atom stereocenters. The van der Waals surface area contributed by atoms with Crippen molar-refractivity contribution in [3.05, 3.63) is 66.2 Å². The Balaban J connectivity index is 1.21. The average Bonchev–Trinajstić information content (AvgIpc) is 3.64. The molecule has 0 spiro atoms. The summed E-state index contributed by atoms with van der Waals surface area (Å²) in [6.45, 7) is 0.371. The van der Waals surface area contributed by atoms with E-state index in [2.05, 4.69) is 30.9 Å². The van der Waals surface area contributed by atoms with E-state index in [1.54, 1.807) is 16.8 Å². The molecule has 1 aromatic carbocycles. The zero-order valence-corrected chi connectivity index (χ0v) is 20.6. The van der Waals surface area contributed by atoms with E-state index in [1.165, 1.54) is 25.6 Å². The lowest BCUT2D eigenvalue weighted by Crippen LogP contribution is -2.24. The van der Waals surface area contributed by atoms with E-state index in [0.717, 1.165) is 42.8 Å². The highest BCUT2D eigenvalue weighted by atomic mass is 16.5. The van der Waals surface area contributed by atoms with Gasteiger partial charge in [-0.05, 0) is 31.2 Å². The molecule has 37 heavy (non-hydrogen) atoms. The Hall–Kier alpha value is -4.21. The van der Waals surface area contributed by atoms with Crippen LogP contribution >= 0.6 is 0 Å². The second kappa shape index (κ2) is 10.4. The van der Waals surface area contributed by atoms with Gasteiger partial charge in [0.15, 0.2) is 11.3 Å². The van der Waals surface area contributed by atoms with Gasteiger partial charge in [0.25, 0.3) is 5.91 Å². The van der Waals surface area contributed by atoms with Gasteiger partial charge >= 0.3 is 0 Å². The molecule has 3 heterocycles. The van der Waals surface area contributed by atoms with Gasteiger partial charge in [-0.2, -0.15) is 0 Å². The first kappa shape index (κ1) is 23.2. The molecule has 0 bridgehead atoms. The van der Waals surface area contributed by atoms with Crippen LogP contribution in [0, 0.1) is 0 Å². The van der Waals surface area contributed by atoms with E-state index in [1.807, 2.05) is 36.4 Å². The van der Waals surface area contributed by atoms with E-state index >= 15 is 0 Å². The molecule has 3 aromatic heterocycles. The summed E-state index contributed by atoms with van der Waals surface area (Å²) in [7, 11) is 0. The summed E-state index contributed by atoms with van der Waals surface area (Å²) in [6, 6.07) is 14.3. The largest absolute Gasteiger partial charge is 0.473 e. The lowest BCUT2D eigenvalue weighted by molar-refractivity contribution is 0.102. The predicted octanol–water partition coefficient (Wildman–Crippen LogP) is 4.67. The number of ether oxygens (including phenoxy) is 1. The number of rotatable bonds is 9. The Morgan fingerprint density at radius 3 is 2.54 bits per heavy atom. The number of anilines is 3. The molecular weight excluding hydrogens is 468 g/mol. The van der Waals surface area contributed by atoms with Crippen molar-refractivity contribution < 1.29 is 9.53 Å². The number of carbonyl (C=O) groups is 1. The van der Waals surface area contributed by atoms with Gasteiger partial charge in [0.05, 0.1) is 11.9 Å². The molecule has 2 aliphatic carbocycles. The molecule has 1 amide bonds. The molecule has 3 N–H and O–H groups in total. The molecule has 4 aromatic rings. The number of benzene rings is 1. The minimum Gasteiger partial charge on any atom is -0.473 e. The molecule has 0 saturated heterocycles. The number of hydrogen-bond donors (Lipinski definition) is 3. The van der Waals surface area contributed by atoms with Gasteiger partial charge in [-0.15, -0.1) is 5.10 Å². The Bertz CT molecular complexity index is 1380. The van der Waals surface area contributed by atoms with Gasteiger partial charge in [0.1, 0.15) is 24.6 Å². The maximum Gasteiger partial charge on any atom is 0.277 e. The van der Waals surface area contributed by atoms with Crippen molar-refractivity contribution in [3.8, 4) is 5.88 Å². The highest BCUT2D eigenvalue weighted by Gasteiger charge is 2.25. The number of hydrogen-bond acceptors (Lipinski definition) is 8. The van der Waals surface area contributed by atoms with Gasteiger partial charge in [-0.25, -0.2) is 19.5 Å². The third kappa shape index (κ3) is 5.63. The summed E-state index contributed by atoms with van der Waals surface area (Å²) in [5.74, 6) is 1.10. The van der Waals surface area contributed by atoms with Gasteiger partial charge in [-0.1, -0.05) is 49.6 Å². The van der Waals surface area contributed by atoms with E-state index < -0.39 is 0 Å². The highest BCUT2D eigenvalue weighted by molar-refractivity contribution is 6.03. The van der Waals surface area contributed by atoms with Crippen LogP contribution in [-0.2, 0) is 6.61 Å².